The molecule has 0 atom stereocenters. The van der Waals surface area contributed by atoms with Crippen molar-refractivity contribution in [2.45, 2.75) is 18.9 Å². The van der Waals surface area contributed by atoms with Crippen LogP contribution in [0.2, 0.25) is 5.02 Å². The molecule has 0 unspecified atom stereocenters. The van der Waals surface area contributed by atoms with Crippen molar-refractivity contribution in [1.82, 2.24) is 9.55 Å². The average molecular weight is 300 g/mol. The number of nitrogen functional groups attached to an aromatic ring is 1. The molecule has 2 aromatic rings. The summed E-state index contributed by atoms with van der Waals surface area (Å²) in [7, 11) is -2.88. The molecule has 1 fully saturated rings. The summed E-state index contributed by atoms with van der Waals surface area (Å²) in [5, 5.41) is 0.622. The fourth-order valence-corrected chi connectivity index (χ4v) is 4.24. The minimum Gasteiger partial charge on any atom is -0.369 e. The van der Waals surface area contributed by atoms with Crippen molar-refractivity contribution in [2.75, 3.05) is 17.2 Å². The van der Waals surface area contributed by atoms with E-state index in [1.165, 1.54) is 0 Å². The van der Waals surface area contributed by atoms with Gasteiger partial charge in [-0.3, -0.25) is 0 Å². The molecule has 0 radical (unpaired) electrons. The molecule has 0 saturated carbocycles. The van der Waals surface area contributed by atoms with Crippen LogP contribution in [0.3, 0.4) is 0 Å². The number of hydrogen-bond acceptors (Lipinski definition) is 4. The average Bonchev–Trinajstić information content (AvgIpc) is 2.65. The zero-order valence-electron chi connectivity index (χ0n) is 10.2. The molecular formula is C12H14ClN3O2S. The highest BCUT2D eigenvalue weighted by Crippen LogP contribution is 2.31. The minimum atomic E-state index is -2.88. The Bertz CT molecular complexity index is 725. The first kappa shape index (κ1) is 12.7. The number of anilines is 1. The van der Waals surface area contributed by atoms with Crippen LogP contribution in [-0.4, -0.2) is 29.5 Å². The third-order valence-electron chi connectivity index (χ3n) is 3.57. The van der Waals surface area contributed by atoms with Gasteiger partial charge in [-0.2, -0.15) is 0 Å². The fourth-order valence-electron chi connectivity index (χ4n) is 2.60. The lowest BCUT2D eigenvalue weighted by atomic mass is 10.1. The maximum Gasteiger partial charge on any atom is 0.201 e. The molecule has 0 spiro atoms. The molecule has 19 heavy (non-hydrogen) atoms. The Morgan fingerprint density at radius 1 is 1.32 bits per heavy atom. The summed E-state index contributed by atoms with van der Waals surface area (Å²) >= 11 is 6.01. The lowest BCUT2D eigenvalue weighted by Gasteiger charge is -2.24. The molecule has 102 valence electrons. The van der Waals surface area contributed by atoms with Crippen LogP contribution in [0.4, 0.5) is 5.95 Å². The van der Waals surface area contributed by atoms with Crippen LogP contribution in [0.5, 0.6) is 0 Å². The quantitative estimate of drug-likeness (QED) is 0.874. The summed E-state index contributed by atoms with van der Waals surface area (Å²) in [6.45, 7) is 0. The molecule has 1 aliphatic rings. The molecule has 5 nitrogen and oxygen atoms in total. The van der Waals surface area contributed by atoms with Gasteiger partial charge in [-0.15, -0.1) is 0 Å². The lowest BCUT2D eigenvalue weighted by Crippen LogP contribution is -2.26. The van der Waals surface area contributed by atoms with Crippen LogP contribution < -0.4 is 5.73 Å². The summed E-state index contributed by atoms with van der Waals surface area (Å²) < 4.78 is 24.9. The van der Waals surface area contributed by atoms with Gasteiger partial charge in [0.15, 0.2) is 0 Å². The Kier molecular flexibility index (Phi) is 2.94. The van der Waals surface area contributed by atoms with Gasteiger partial charge in [0, 0.05) is 11.1 Å². The highest BCUT2D eigenvalue weighted by atomic mass is 35.5. The van der Waals surface area contributed by atoms with E-state index in [0.29, 0.717) is 23.8 Å². The Morgan fingerprint density at radius 3 is 2.68 bits per heavy atom. The number of fused-ring (bicyclic) bond motifs is 1. The van der Waals surface area contributed by atoms with Gasteiger partial charge in [-0.1, -0.05) is 11.6 Å². The van der Waals surface area contributed by atoms with Crippen molar-refractivity contribution < 1.29 is 8.42 Å². The Labute approximate surface area is 116 Å². The van der Waals surface area contributed by atoms with E-state index in [2.05, 4.69) is 4.98 Å². The fraction of sp³-hybridized carbons (Fsp3) is 0.417. The summed E-state index contributed by atoms with van der Waals surface area (Å²) in [5.74, 6) is 0.830. The second kappa shape index (κ2) is 4.38. The molecule has 7 heteroatoms. The second-order valence-electron chi connectivity index (χ2n) is 4.86. The number of nitrogens with two attached hydrogens (primary N) is 1. The van der Waals surface area contributed by atoms with Gasteiger partial charge in [0.05, 0.1) is 22.5 Å². The van der Waals surface area contributed by atoms with E-state index in [-0.39, 0.29) is 17.5 Å². The molecule has 2 heterocycles. The number of hydrogen-bond donors (Lipinski definition) is 1. The standard InChI is InChI=1S/C12H14ClN3O2S/c13-8-1-2-10-11(7-8)16(12(14)15-10)9-3-5-19(17,18)6-4-9/h1-2,7,9H,3-6H2,(H2,14,15). The number of halogens is 1. The molecule has 2 N–H and O–H groups in total. The van der Waals surface area contributed by atoms with Gasteiger partial charge in [0.1, 0.15) is 9.84 Å². The van der Waals surface area contributed by atoms with E-state index in [0.717, 1.165) is 11.0 Å². The Morgan fingerprint density at radius 2 is 2.00 bits per heavy atom. The highest BCUT2D eigenvalue weighted by molar-refractivity contribution is 7.91. The van der Waals surface area contributed by atoms with Crippen LogP contribution in [0.1, 0.15) is 18.9 Å². The van der Waals surface area contributed by atoms with Crippen LogP contribution >= 0.6 is 11.6 Å². The van der Waals surface area contributed by atoms with Gasteiger partial charge >= 0.3 is 0 Å². The van der Waals surface area contributed by atoms with Crippen LogP contribution in [-0.2, 0) is 9.84 Å². The zero-order valence-corrected chi connectivity index (χ0v) is 11.8. The molecule has 0 bridgehead atoms. The van der Waals surface area contributed by atoms with Crippen LogP contribution in [0.25, 0.3) is 11.0 Å². The molecule has 0 amide bonds. The predicted octanol–water partition coefficient (Wildman–Crippen LogP) is 2.02. The smallest absolute Gasteiger partial charge is 0.201 e. The van der Waals surface area contributed by atoms with Crippen molar-refractivity contribution >= 4 is 38.4 Å². The Hall–Kier alpha value is -1.27. The molecule has 1 aromatic heterocycles. The van der Waals surface area contributed by atoms with E-state index in [9.17, 15) is 8.42 Å². The topological polar surface area (TPSA) is 78.0 Å². The molecule has 1 aliphatic heterocycles. The van der Waals surface area contributed by atoms with Crippen molar-refractivity contribution in [3.05, 3.63) is 23.2 Å². The summed E-state index contributed by atoms with van der Waals surface area (Å²) in [6, 6.07) is 5.49. The summed E-state index contributed by atoms with van der Waals surface area (Å²) in [5.41, 5.74) is 7.62. The van der Waals surface area contributed by atoms with Crippen molar-refractivity contribution in [3.63, 3.8) is 0 Å². The van der Waals surface area contributed by atoms with E-state index < -0.39 is 9.84 Å². The maximum absolute atomic E-state index is 11.5. The van der Waals surface area contributed by atoms with Gasteiger partial charge in [-0.25, -0.2) is 13.4 Å². The number of nitrogens with zero attached hydrogens (tertiary/aromatic N) is 2. The molecule has 3 rings (SSSR count). The van der Waals surface area contributed by atoms with E-state index in [4.69, 9.17) is 17.3 Å². The van der Waals surface area contributed by atoms with Crippen molar-refractivity contribution in [3.8, 4) is 0 Å². The molecule has 0 aliphatic carbocycles. The first-order valence-corrected chi connectivity index (χ1v) is 8.29. The third kappa shape index (κ3) is 2.30. The monoisotopic (exact) mass is 299 g/mol. The van der Waals surface area contributed by atoms with Crippen LogP contribution in [0, 0.1) is 0 Å². The molecule has 1 saturated heterocycles. The van der Waals surface area contributed by atoms with Gasteiger partial charge in [0.25, 0.3) is 0 Å². The maximum atomic E-state index is 11.5. The summed E-state index contributed by atoms with van der Waals surface area (Å²) in [6.07, 6.45) is 1.15. The highest BCUT2D eigenvalue weighted by Gasteiger charge is 2.27. The van der Waals surface area contributed by atoms with E-state index >= 15 is 0 Å². The predicted molar refractivity (Wildman–Crippen MR) is 76.1 cm³/mol. The minimum absolute atomic E-state index is 0.0759. The number of sulfone groups is 1. The van der Waals surface area contributed by atoms with Gasteiger partial charge in [-0.05, 0) is 31.0 Å². The number of benzene rings is 1. The van der Waals surface area contributed by atoms with Crippen molar-refractivity contribution in [2.24, 2.45) is 0 Å². The number of rotatable bonds is 1. The molecule has 1 aromatic carbocycles. The lowest BCUT2D eigenvalue weighted by molar-refractivity contribution is 0.463. The van der Waals surface area contributed by atoms with Crippen molar-refractivity contribution in [1.29, 1.82) is 0 Å². The zero-order chi connectivity index (χ0) is 13.6. The first-order valence-electron chi connectivity index (χ1n) is 6.10. The van der Waals surface area contributed by atoms with E-state index in [1.54, 1.807) is 6.07 Å². The Balaban J connectivity index is 2.05. The third-order valence-corrected chi connectivity index (χ3v) is 5.52. The normalized spacial score (nSPS) is 19.8. The van der Waals surface area contributed by atoms with Crippen LogP contribution in [0.15, 0.2) is 18.2 Å². The second-order valence-corrected chi connectivity index (χ2v) is 7.60. The summed E-state index contributed by atoms with van der Waals surface area (Å²) in [4.78, 5) is 4.30. The van der Waals surface area contributed by atoms with Gasteiger partial charge < -0.3 is 10.3 Å². The largest absolute Gasteiger partial charge is 0.369 e. The SMILES string of the molecule is Nc1nc2ccc(Cl)cc2n1C1CCS(=O)(=O)CC1. The molecular weight excluding hydrogens is 286 g/mol. The van der Waals surface area contributed by atoms with Gasteiger partial charge in [0.2, 0.25) is 5.95 Å². The number of aromatic nitrogens is 2. The first-order chi connectivity index (χ1) is 8.96. The number of imidazole rings is 1. The van der Waals surface area contributed by atoms with E-state index in [1.807, 2.05) is 16.7 Å².